The van der Waals surface area contributed by atoms with Gasteiger partial charge in [-0.05, 0) is 24.3 Å². The van der Waals surface area contributed by atoms with Crippen LogP contribution in [-0.2, 0) is 9.53 Å². The Balaban J connectivity index is 1.60. The van der Waals surface area contributed by atoms with Crippen LogP contribution in [0.2, 0.25) is 0 Å². The van der Waals surface area contributed by atoms with E-state index in [0.717, 1.165) is 42.9 Å². The highest BCUT2D eigenvalue weighted by Crippen LogP contribution is 2.25. The summed E-state index contributed by atoms with van der Waals surface area (Å²) in [5.74, 6) is 0.739. The number of amides is 1. The topological polar surface area (TPSA) is 78.5 Å². The summed E-state index contributed by atoms with van der Waals surface area (Å²) in [5, 5.41) is 12.1. The van der Waals surface area contributed by atoms with Crippen molar-refractivity contribution in [3.05, 3.63) is 52.2 Å². The summed E-state index contributed by atoms with van der Waals surface area (Å²) in [6, 6.07) is 13.2. The summed E-state index contributed by atoms with van der Waals surface area (Å²) in [5.41, 5.74) is 0.935. The lowest BCUT2D eigenvalue weighted by molar-refractivity contribution is -0.117. The van der Waals surface area contributed by atoms with Crippen molar-refractivity contribution < 1.29 is 13.9 Å². The van der Waals surface area contributed by atoms with E-state index in [1.165, 1.54) is 6.08 Å². The van der Waals surface area contributed by atoms with Crippen LogP contribution in [-0.4, -0.2) is 50.2 Å². The van der Waals surface area contributed by atoms with Crippen molar-refractivity contribution in [1.29, 1.82) is 5.26 Å². The Kier molecular flexibility index (Phi) is 6.82. The highest BCUT2D eigenvalue weighted by atomic mass is 79.9. The number of nitriles is 1. The molecule has 7 heteroatoms. The van der Waals surface area contributed by atoms with E-state index >= 15 is 0 Å². The van der Waals surface area contributed by atoms with Gasteiger partial charge in [-0.15, -0.1) is 0 Å². The molecule has 0 spiro atoms. The van der Waals surface area contributed by atoms with Gasteiger partial charge in [-0.1, -0.05) is 28.1 Å². The highest BCUT2D eigenvalue weighted by Gasteiger charge is 2.13. The van der Waals surface area contributed by atoms with Crippen LogP contribution >= 0.6 is 15.9 Å². The lowest BCUT2D eigenvalue weighted by Crippen LogP contribution is -2.41. The minimum atomic E-state index is -0.397. The fourth-order valence-electron chi connectivity index (χ4n) is 2.77. The zero-order chi connectivity index (χ0) is 19.1. The van der Waals surface area contributed by atoms with Crippen LogP contribution in [0.3, 0.4) is 0 Å². The van der Waals surface area contributed by atoms with E-state index in [9.17, 15) is 10.1 Å². The van der Waals surface area contributed by atoms with Gasteiger partial charge in [0.1, 0.15) is 23.2 Å². The predicted octanol–water partition coefficient (Wildman–Crippen LogP) is 3.06. The number of carbonyl (C=O) groups excluding carboxylic acids is 1. The molecule has 3 rings (SSSR count). The molecule has 1 amide bonds. The SMILES string of the molecule is N#C/C(=C/c1ccc(-c2cccc(Br)c2)o1)C(=O)NCCN1CCOCC1. The van der Waals surface area contributed by atoms with Gasteiger partial charge in [0.25, 0.3) is 5.91 Å². The summed E-state index contributed by atoms with van der Waals surface area (Å²) in [4.78, 5) is 14.5. The Bertz CT molecular complexity index is 863. The van der Waals surface area contributed by atoms with E-state index in [2.05, 4.69) is 26.1 Å². The Hall–Kier alpha value is -2.40. The second-order valence-corrected chi connectivity index (χ2v) is 7.01. The average Bonchev–Trinajstić information content (AvgIpc) is 3.15. The van der Waals surface area contributed by atoms with Crippen LogP contribution in [0.5, 0.6) is 0 Å². The summed E-state index contributed by atoms with van der Waals surface area (Å²) in [7, 11) is 0. The Morgan fingerprint density at radius 2 is 2.11 bits per heavy atom. The monoisotopic (exact) mass is 429 g/mol. The predicted molar refractivity (Wildman–Crippen MR) is 106 cm³/mol. The molecule has 0 unspecified atom stereocenters. The number of rotatable bonds is 6. The van der Waals surface area contributed by atoms with Crippen molar-refractivity contribution in [2.75, 3.05) is 39.4 Å². The van der Waals surface area contributed by atoms with Gasteiger partial charge in [0.2, 0.25) is 0 Å². The summed E-state index contributed by atoms with van der Waals surface area (Å²) >= 11 is 3.43. The van der Waals surface area contributed by atoms with Gasteiger partial charge in [0, 0.05) is 42.3 Å². The molecule has 1 aromatic heterocycles. The van der Waals surface area contributed by atoms with Crippen LogP contribution in [0.1, 0.15) is 5.76 Å². The lowest BCUT2D eigenvalue weighted by Gasteiger charge is -2.26. The molecule has 1 aromatic carbocycles. The second-order valence-electron chi connectivity index (χ2n) is 6.09. The van der Waals surface area contributed by atoms with Crippen molar-refractivity contribution >= 4 is 27.9 Å². The van der Waals surface area contributed by atoms with E-state index in [1.807, 2.05) is 36.4 Å². The molecule has 0 atom stereocenters. The molecule has 2 aromatic rings. The van der Waals surface area contributed by atoms with Crippen molar-refractivity contribution in [2.24, 2.45) is 0 Å². The maximum absolute atomic E-state index is 12.2. The number of benzene rings is 1. The highest BCUT2D eigenvalue weighted by molar-refractivity contribution is 9.10. The van der Waals surface area contributed by atoms with E-state index in [0.29, 0.717) is 18.1 Å². The number of hydrogen-bond donors (Lipinski definition) is 1. The Morgan fingerprint density at radius 3 is 2.85 bits per heavy atom. The molecule has 2 heterocycles. The molecular formula is C20H20BrN3O3. The fourth-order valence-corrected chi connectivity index (χ4v) is 3.16. The Labute approximate surface area is 166 Å². The molecule has 0 bridgehead atoms. The number of furan rings is 1. The molecule has 0 radical (unpaired) electrons. The number of halogens is 1. The number of ether oxygens (including phenoxy) is 1. The van der Waals surface area contributed by atoms with Gasteiger partial charge in [-0.25, -0.2) is 0 Å². The molecular weight excluding hydrogens is 410 g/mol. The van der Waals surface area contributed by atoms with Crippen LogP contribution in [0.15, 0.2) is 50.9 Å². The smallest absolute Gasteiger partial charge is 0.262 e. The molecule has 0 aliphatic carbocycles. The maximum Gasteiger partial charge on any atom is 0.262 e. The third-order valence-electron chi connectivity index (χ3n) is 4.20. The molecule has 27 heavy (non-hydrogen) atoms. The summed E-state index contributed by atoms with van der Waals surface area (Å²) in [6.45, 7) is 4.39. The number of hydrogen-bond acceptors (Lipinski definition) is 5. The fraction of sp³-hybridized carbons (Fsp3) is 0.300. The molecule has 1 fully saturated rings. The average molecular weight is 430 g/mol. The molecule has 1 aliphatic rings. The second kappa shape index (κ2) is 9.51. The minimum Gasteiger partial charge on any atom is -0.457 e. The normalized spacial score (nSPS) is 15.3. The first-order chi connectivity index (χ1) is 13.2. The number of morpholine rings is 1. The largest absolute Gasteiger partial charge is 0.457 e. The van der Waals surface area contributed by atoms with Gasteiger partial charge in [-0.3, -0.25) is 9.69 Å². The third-order valence-corrected chi connectivity index (χ3v) is 4.70. The van der Waals surface area contributed by atoms with E-state index < -0.39 is 5.91 Å². The molecule has 1 N–H and O–H groups in total. The van der Waals surface area contributed by atoms with Crippen LogP contribution in [0.25, 0.3) is 17.4 Å². The molecule has 1 aliphatic heterocycles. The van der Waals surface area contributed by atoms with Crippen LogP contribution in [0, 0.1) is 11.3 Å². The van der Waals surface area contributed by atoms with Gasteiger partial charge in [0.05, 0.1) is 13.2 Å². The zero-order valence-electron chi connectivity index (χ0n) is 14.8. The van der Waals surface area contributed by atoms with Crippen molar-refractivity contribution in [3.8, 4) is 17.4 Å². The first-order valence-corrected chi connectivity index (χ1v) is 9.51. The summed E-state index contributed by atoms with van der Waals surface area (Å²) < 4.78 is 12.0. The quantitative estimate of drug-likeness (QED) is 0.563. The van der Waals surface area contributed by atoms with Gasteiger partial charge < -0.3 is 14.5 Å². The standard InChI is InChI=1S/C20H20BrN3O3/c21-17-3-1-2-15(12-17)19-5-4-18(27-19)13-16(14-22)20(25)23-6-7-24-8-10-26-11-9-24/h1-5,12-13H,6-11H2,(H,23,25)/b16-13-. The first kappa shape index (κ1) is 19.4. The molecule has 1 saturated heterocycles. The number of nitrogens with zero attached hydrogens (tertiary/aromatic N) is 2. The lowest BCUT2D eigenvalue weighted by atomic mass is 10.2. The zero-order valence-corrected chi connectivity index (χ0v) is 16.4. The van der Waals surface area contributed by atoms with Crippen LogP contribution < -0.4 is 5.32 Å². The van der Waals surface area contributed by atoms with Crippen LogP contribution in [0.4, 0.5) is 0 Å². The van der Waals surface area contributed by atoms with E-state index in [1.54, 1.807) is 6.07 Å². The van der Waals surface area contributed by atoms with Crippen molar-refractivity contribution in [3.63, 3.8) is 0 Å². The third kappa shape index (κ3) is 5.54. The van der Waals surface area contributed by atoms with Gasteiger partial charge in [-0.2, -0.15) is 5.26 Å². The Morgan fingerprint density at radius 1 is 1.30 bits per heavy atom. The van der Waals surface area contributed by atoms with Crippen molar-refractivity contribution in [1.82, 2.24) is 10.2 Å². The first-order valence-electron chi connectivity index (χ1n) is 8.71. The van der Waals surface area contributed by atoms with Gasteiger partial charge >= 0.3 is 0 Å². The number of nitrogens with one attached hydrogen (secondary N) is 1. The molecule has 6 nitrogen and oxygen atoms in total. The maximum atomic E-state index is 12.2. The molecule has 0 saturated carbocycles. The summed E-state index contributed by atoms with van der Waals surface area (Å²) in [6.07, 6.45) is 1.46. The minimum absolute atomic E-state index is 0.0205. The molecule has 140 valence electrons. The van der Waals surface area contributed by atoms with Crippen molar-refractivity contribution in [2.45, 2.75) is 0 Å². The van der Waals surface area contributed by atoms with Gasteiger partial charge in [0.15, 0.2) is 0 Å². The van der Waals surface area contributed by atoms with E-state index in [-0.39, 0.29) is 5.57 Å². The number of carbonyl (C=O) groups is 1. The van der Waals surface area contributed by atoms with E-state index in [4.69, 9.17) is 9.15 Å².